The topological polar surface area (TPSA) is 18.5 Å². The highest BCUT2D eigenvalue weighted by molar-refractivity contribution is 5.29. The molecule has 2 unspecified atom stereocenters. The van der Waals surface area contributed by atoms with Crippen LogP contribution in [-0.2, 0) is 11.2 Å². The summed E-state index contributed by atoms with van der Waals surface area (Å²) in [5.41, 5.74) is 2.57. The number of hydrogen-bond donors (Lipinski definition) is 0. The van der Waals surface area contributed by atoms with Crippen molar-refractivity contribution in [2.75, 3.05) is 0 Å². The van der Waals surface area contributed by atoms with Gasteiger partial charge in [0.05, 0.1) is 6.10 Å². The zero-order valence-electron chi connectivity index (χ0n) is 14.7. The summed E-state index contributed by atoms with van der Waals surface area (Å²) in [4.78, 5) is 0. The maximum Gasteiger partial charge on any atom is 0.204 e. The van der Waals surface area contributed by atoms with Crippen LogP contribution < -0.4 is 4.74 Å². The Labute approximate surface area is 140 Å². The van der Waals surface area contributed by atoms with Gasteiger partial charge in [-0.1, -0.05) is 56.3 Å². The molecule has 0 aromatic heterocycles. The van der Waals surface area contributed by atoms with Gasteiger partial charge in [0, 0.05) is 6.42 Å². The van der Waals surface area contributed by atoms with Crippen LogP contribution in [0.1, 0.15) is 51.2 Å². The van der Waals surface area contributed by atoms with Crippen LogP contribution in [-0.4, -0.2) is 12.4 Å². The monoisotopic (exact) mass is 312 g/mol. The van der Waals surface area contributed by atoms with E-state index in [2.05, 4.69) is 38.1 Å². The molecule has 2 aromatic carbocycles. The fourth-order valence-electron chi connectivity index (χ4n) is 2.49. The van der Waals surface area contributed by atoms with Gasteiger partial charge in [-0.05, 0) is 49.4 Å². The number of benzene rings is 2. The van der Waals surface area contributed by atoms with Crippen LogP contribution in [0.2, 0.25) is 0 Å². The largest absolute Gasteiger partial charge is 0.465 e. The van der Waals surface area contributed by atoms with Gasteiger partial charge in [-0.2, -0.15) is 0 Å². The third-order valence-corrected chi connectivity index (χ3v) is 4.00. The van der Waals surface area contributed by atoms with Crippen LogP contribution in [0.5, 0.6) is 5.75 Å². The van der Waals surface area contributed by atoms with Crippen molar-refractivity contribution in [1.82, 2.24) is 0 Å². The highest BCUT2D eigenvalue weighted by Gasteiger charge is 2.14. The van der Waals surface area contributed by atoms with E-state index in [1.165, 1.54) is 11.1 Å². The molecule has 0 saturated heterocycles. The zero-order chi connectivity index (χ0) is 16.7. The Bertz CT molecular complexity index is 560. The second-order valence-corrected chi connectivity index (χ2v) is 6.30. The Balaban J connectivity index is 2.05. The Morgan fingerprint density at radius 3 is 2.09 bits per heavy atom. The predicted molar refractivity (Wildman–Crippen MR) is 95.9 cm³/mol. The van der Waals surface area contributed by atoms with E-state index in [1.807, 2.05) is 44.2 Å². The summed E-state index contributed by atoms with van der Waals surface area (Å²) in [6.07, 6.45) is 1.74. The maximum atomic E-state index is 6.08. The summed E-state index contributed by atoms with van der Waals surface area (Å²) in [6.45, 7) is 8.53. The average molecular weight is 312 g/mol. The van der Waals surface area contributed by atoms with Crippen molar-refractivity contribution >= 4 is 0 Å². The van der Waals surface area contributed by atoms with Crippen molar-refractivity contribution in [3.05, 3.63) is 65.7 Å². The standard InChI is InChI=1S/C21H28O2/c1-5-17(4)19-11-13-20(14-12-19)23-21(22-16(2)3)15-18-9-7-6-8-10-18/h6-14,16-17,21H,5,15H2,1-4H3. The quantitative estimate of drug-likeness (QED) is 0.593. The first-order chi connectivity index (χ1) is 11.1. The Kier molecular flexibility index (Phi) is 6.66. The fraction of sp³-hybridized carbons (Fsp3) is 0.429. The van der Waals surface area contributed by atoms with Gasteiger partial charge in [-0.3, -0.25) is 0 Å². The summed E-state index contributed by atoms with van der Waals surface area (Å²) in [5.74, 6) is 1.44. The first kappa shape index (κ1) is 17.6. The van der Waals surface area contributed by atoms with E-state index in [1.54, 1.807) is 0 Å². The summed E-state index contributed by atoms with van der Waals surface area (Å²) in [6, 6.07) is 18.7. The molecule has 0 heterocycles. The lowest BCUT2D eigenvalue weighted by Crippen LogP contribution is -2.26. The molecule has 2 rings (SSSR count). The third-order valence-electron chi connectivity index (χ3n) is 4.00. The van der Waals surface area contributed by atoms with Gasteiger partial charge >= 0.3 is 0 Å². The van der Waals surface area contributed by atoms with Crippen LogP contribution >= 0.6 is 0 Å². The van der Waals surface area contributed by atoms with Crippen molar-refractivity contribution in [1.29, 1.82) is 0 Å². The molecule has 2 heteroatoms. The van der Waals surface area contributed by atoms with Gasteiger partial charge in [0.25, 0.3) is 0 Å². The predicted octanol–water partition coefficient (Wildman–Crippen LogP) is 5.57. The van der Waals surface area contributed by atoms with Crippen LogP contribution in [0.25, 0.3) is 0 Å². The van der Waals surface area contributed by atoms with Crippen LogP contribution in [0.4, 0.5) is 0 Å². The molecule has 2 aromatic rings. The van der Waals surface area contributed by atoms with E-state index in [9.17, 15) is 0 Å². The molecular weight excluding hydrogens is 284 g/mol. The van der Waals surface area contributed by atoms with E-state index in [-0.39, 0.29) is 12.4 Å². The first-order valence-corrected chi connectivity index (χ1v) is 8.54. The molecule has 0 amide bonds. The van der Waals surface area contributed by atoms with E-state index in [0.29, 0.717) is 5.92 Å². The SMILES string of the molecule is CCC(C)c1ccc(OC(Cc2ccccc2)OC(C)C)cc1. The van der Waals surface area contributed by atoms with Gasteiger partial charge in [0.2, 0.25) is 6.29 Å². The smallest absolute Gasteiger partial charge is 0.204 e. The number of rotatable bonds is 8. The summed E-state index contributed by atoms with van der Waals surface area (Å²) >= 11 is 0. The second-order valence-electron chi connectivity index (χ2n) is 6.30. The highest BCUT2D eigenvalue weighted by Crippen LogP contribution is 2.23. The summed E-state index contributed by atoms with van der Waals surface area (Å²) < 4.78 is 12.0. The van der Waals surface area contributed by atoms with E-state index in [0.717, 1.165) is 18.6 Å². The number of ether oxygens (including phenoxy) is 2. The van der Waals surface area contributed by atoms with Gasteiger partial charge in [-0.15, -0.1) is 0 Å². The third kappa shape index (κ3) is 5.72. The Morgan fingerprint density at radius 1 is 0.870 bits per heavy atom. The Hall–Kier alpha value is -1.80. The van der Waals surface area contributed by atoms with Gasteiger partial charge < -0.3 is 9.47 Å². The molecule has 23 heavy (non-hydrogen) atoms. The number of hydrogen-bond acceptors (Lipinski definition) is 2. The lowest BCUT2D eigenvalue weighted by atomic mass is 9.99. The average Bonchev–Trinajstić information content (AvgIpc) is 2.55. The highest BCUT2D eigenvalue weighted by atomic mass is 16.7. The fourth-order valence-corrected chi connectivity index (χ4v) is 2.49. The molecule has 0 saturated carbocycles. The molecule has 124 valence electrons. The molecule has 0 fully saturated rings. The minimum Gasteiger partial charge on any atom is -0.465 e. The molecule has 0 bridgehead atoms. The molecule has 2 atom stereocenters. The molecule has 0 aliphatic rings. The molecule has 0 spiro atoms. The molecular formula is C21H28O2. The molecule has 0 aliphatic carbocycles. The molecule has 0 N–H and O–H groups in total. The van der Waals surface area contributed by atoms with Crippen LogP contribution in [0.15, 0.2) is 54.6 Å². The van der Waals surface area contributed by atoms with Crippen molar-refractivity contribution in [2.24, 2.45) is 0 Å². The van der Waals surface area contributed by atoms with Gasteiger partial charge in [0.1, 0.15) is 5.75 Å². The van der Waals surface area contributed by atoms with Crippen molar-refractivity contribution in [3.63, 3.8) is 0 Å². The van der Waals surface area contributed by atoms with Crippen molar-refractivity contribution in [2.45, 2.75) is 58.8 Å². The molecule has 0 aliphatic heterocycles. The maximum absolute atomic E-state index is 6.08. The van der Waals surface area contributed by atoms with Gasteiger partial charge in [0.15, 0.2) is 0 Å². The normalized spacial score (nSPS) is 13.8. The summed E-state index contributed by atoms with van der Waals surface area (Å²) in [7, 11) is 0. The second kappa shape index (κ2) is 8.73. The minimum absolute atomic E-state index is 0.128. The first-order valence-electron chi connectivity index (χ1n) is 8.54. The lowest BCUT2D eigenvalue weighted by molar-refractivity contribution is -0.106. The minimum atomic E-state index is -0.271. The van der Waals surface area contributed by atoms with Gasteiger partial charge in [-0.25, -0.2) is 0 Å². The lowest BCUT2D eigenvalue weighted by Gasteiger charge is -2.22. The van der Waals surface area contributed by atoms with E-state index in [4.69, 9.17) is 9.47 Å². The zero-order valence-corrected chi connectivity index (χ0v) is 14.7. The van der Waals surface area contributed by atoms with E-state index < -0.39 is 0 Å². The Morgan fingerprint density at radius 2 is 1.52 bits per heavy atom. The van der Waals surface area contributed by atoms with Crippen LogP contribution in [0, 0.1) is 0 Å². The van der Waals surface area contributed by atoms with E-state index >= 15 is 0 Å². The summed E-state index contributed by atoms with van der Waals surface area (Å²) in [5, 5.41) is 0. The van der Waals surface area contributed by atoms with Crippen LogP contribution in [0.3, 0.4) is 0 Å². The molecule has 2 nitrogen and oxygen atoms in total. The molecule has 0 radical (unpaired) electrons. The van der Waals surface area contributed by atoms with Crippen molar-refractivity contribution in [3.8, 4) is 5.75 Å². The van der Waals surface area contributed by atoms with Crippen molar-refractivity contribution < 1.29 is 9.47 Å².